The fourth-order valence-corrected chi connectivity index (χ4v) is 3.86. The summed E-state index contributed by atoms with van der Waals surface area (Å²) in [7, 11) is 0. The summed E-state index contributed by atoms with van der Waals surface area (Å²) in [6.45, 7) is 7.01. The van der Waals surface area contributed by atoms with Crippen molar-refractivity contribution in [3.63, 3.8) is 0 Å². The van der Waals surface area contributed by atoms with Gasteiger partial charge in [-0.1, -0.05) is 12.6 Å². The van der Waals surface area contributed by atoms with E-state index in [0.29, 0.717) is 6.54 Å². The number of amides is 1. The van der Waals surface area contributed by atoms with Crippen molar-refractivity contribution in [1.82, 2.24) is 19.9 Å². The third-order valence-corrected chi connectivity index (χ3v) is 5.32. The Balaban J connectivity index is 1.83. The summed E-state index contributed by atoms with van der Waals surface area (Å²) in [5.74, 6) is 0.420. The normalized spacial score (nSPS) is 16.9. The molecule has 142 valence electrons. The summed E-state index contributed by atoms with van der Waals surface area (Å²) in [5, 5.41) is 0.939. The monoisotopic (exact) mass is 373 g/mol. The Morgan fingerprint density at radius 2 is 2.11 bits per heavy atom. The van der Waals surface area contributed by atoms with Crippen LogP contribution in [0.15, 0.2) is 49.3 Å². The first-order valence-electron chi connectivity index (χ1n) is 9.45. The van der Waals surface area contributed by atoms with E-state index in [1.165, 1.54) is 6.08 Å². The lowest BCUT2D eigenvalue weighted by Gasteiger charge is -2.33. The van der Waals surface area contributed by atoms with Crippen LogP contribution in [0.4, 0.5) is 5.95 Å². The first kappa shape index (κ1) is 18.1. The molecular weight excluding hydrogens is 350 g/mol. The quantitative estimate of drug-likeness (QED) is 0.711. The number of benzene rings is 1. The number of nitrogens with zero attached hydrogens (tertiary/aromatic N) is 4. The lowest BCUT2D eigenvalue weighted by Crippen LogP contribution is -2.38. The summed E-state index contributed by atoms with van der Waals surface area (Å²) in [5.41, 5.74) is 10.9. The summed E-state index contributed by atoms with van der Waals surface area (Å²) in [6, 6.07) is 8.30. The molecule has 3 aromatic rings. The van der Waals surface area contributed by atoms with Crippen molar-refractivity contribution in [2.45, 2.75) is 25.7 Å². The van der Waals surface area contributed by atoms with Crippen molar-refractivity contribution < 1.29 is 4.79 Å². The van der Waals surface area contributed by atoms with Gasteiger partial charge in [-0.3, -0.25) is 9.78 Å². The van der Waals surface area contributed by atoms with Gasteiger partial charge < -0.3 is 10.6 Å². The average Bonchev–Trinajstić information content (AvgIpc) is 2.73. The summed E-state index contributed by atoms with van der Waals surface area (Å²) in [6.07, 6.45) is 6.97. The van der Waals surface area contributed by atoms with Gasteiger partial charge in [-0.25, -0.2) is 9.97 Å². The zero-order valence-corrected chi connectivity index (χ0v) is 15.9. The highest BCUT2D eigenvalue weighted by Crippen LogP contribution is 2.35. The Bertz CT molecular complexity index is 1040. The smallest absolute Gasteiger partial charge is 0.245 e. The molecule has 2 aromatic heterocycles. The van der Waals surface area contributed by atoms with Gasteiger partial charge in [-0.05, 0) is 55.2 Å². The van der Waals surface area contributed by atoms with E-state index in [1.807, 2.05) is 24.1 Å². The minimum Gasteiger partial charge on any atom is -0.368 e. The number of piperidine rings is 1. The maximum Gasteiger partial charge on any atom is 0.245 e. The Morgan fingerprint density at radius 1 is 1.25 bits per heavy atom. The van der Waals surface area contributed by atoms with Gasteiger partial charge in [0.25, 0.3) is 0 Å². The van der Waals surface area contributed by atoms with Gasteiger partial charge in [0.05, 0.1) is 5.52 Å². The number of nitrogens with two attached hydrogens (primary N) is 1. The second kappa shape index (κ2) is 7.38. The molecule has 1 atom stereocenters. The predicted molar refractivity (Wildman–Crippen MR) is 111 cm³/mol. The van der Waals surface area contributed by atoms with E-state index in [-0.39, 0.29) is 17.8 Å². The second-order valence-electron chi connectivity index (χ2n) is 7.25. The number of fused-ring (bicyclic) bond motifs is 1. The summed E-state index contributed by atoms with van der Waals surface area (Å²) >= 11 is 0. The SMILES string of the molecule is C=CC(=O)N1CCCC(c2cc(-c3ccc(C)nc3)cc3cnc(N)nc23)C1. The average molecular weight is 373 g/mol. The third kappa shape index (κ3) is 3.45. The summed E-state index contributed by atoms with van der Waals surface area (Å²) < 4.78 is 0. The van der Waals surface area contributed by atoms with E-state index in [1.54, 1.807) is 6.20 Å². The van der Waals surface area contributed by atoms with Gasteiger partial charge in [-0.2, -0.15) is 0 Å². The van der Waals surface area contributed by atoms with Crippen molar-refractivity contribution in [2.75, 3.05) is 18.8 Å². The van der Waals surface area contributed by atoms with Gasteiger partial charge in [0.1, 0.15) is 0 Å². The molecule has 0 radical (unpaired) electrons. The number of rotatable bonds is 3. The van der Waals surface area contributed by atoms with Gasteiger partial charge in [0.15, 0.2) is 0 Å². The zero-order chi connectivity index (χ0) is 19.7. The standard InChI is InChI=1S/C22H23N5O/c1-3-20(28)27-8-4-5-16(13-27)19-10-17(15-7-6-14(2)24-11-15)9-18-12-25-22(23)26-21(18)19/h3,6-7,9-12,16H,1,4-5,8,13H2,2H3,(H2,23,25,26). The Kier molecular flexibility index (Phi) is 4.77. The van der Waals surface area contributed by atoms with Crippen LogP contribution in [0, 0.1) is 6.92 Å². The topological polar surface area (TPSA) is 85.0 Å². The molecule has 1 fully saturated rings. The van der Waals surface area contributed by atoms with Crippen molar-refractivity contribution in [1.29, 1.82) is 0 Å². The minimum absolute atomic E-state index is 0.0259. The Morgan fingerprint density at radius 3 is 2.86 bits per heavy atom. The van der Waals surface area contributed by atoms with Crippen LogP contribution in [0.3, 0.4) is 0 Å². The molecule has 1 aliphatic rings. The molecule has 4 rings (SSSR count). The lowest BCUT2D eigenvalue weighted by atomic mass is 9.87. The van der Waals surface area contributed by atoms with Crippen LogP contribution in [0.2, 0.25) is 0 Å². The van der Waals surface area contributed by atoms with Crippen LogP contribution in [-0.2, 0) is 4.79 Å². The van der Waals surface area contributed by atoms with Crippen molar-refractivity contribution in [3.8, 4) is 11.1 Å². The molecule has 1 amide bonds. The van der Waals surface area contributed by atoms with Crippen LogP contribution in [0.1, 0.15) is 30.0 Å². The van der Waals surface area contributed by atoms with E-state index in [2.05, 4.69) is 39.7 Å². The highest BCUT2D eigenvalue weighted by atomic mass is 16.2. The minimum atomic E-state index is -0.0259. The first-order chi connectivity index (χ1) is 13.5. The lowest BCUT2D eigenvalue weighted by molar-refractivity contribution is -0.127. The van der Waals surface area contributed by atoms with E-state index >= 15 is 0 Å². The highest BCUT2D eigenvalue weighted by molar-refractivity contribution is 5.89. The summed E-state index contributed by atoms with van der Waals surface area (Å²) in [4.78, 5) is 27.1. The van der Waals surface area contributed by atoms with Crippen molar-refractivity contribution >= 4 is 22.8 Å². The van der Waals surface area contributed by atoms with Gasteiger partial charge in [0, 0.05) is 48.0 Å². The molecule has 3 heterocycles. The molecule has 1 aromatic carbocycles. The van der Waals surface area contributed by atoms with E-state index < -0.39 is 0 Å². The number of likely N-dealkylation sites (tertiary alicyclic amines) is 1. The molecule has 0 spiro atoms. The molecule has 0 saturated carbocycles. The number of aromatic nitrogens is 3. The fraction of sp³-hybridized carbons (Fsp3) is 0.273. The second-order valence-corrected chi connectivity index (χ2v) is 7.25. The van der Waals surface area contributed by atoms with E-state index in [0.717, 1.165) is 52.7 Å². The number of hydrogen-bond acceptors (Lipinski definition) is 5. The molecule has 1 aliphatic heterocycles. The van der Waals surface area contributed by atoms with Gasteiger partial charge in [0.2, 0.25) is 11.9 Å². The van der Waals surface area contributed by atoms with Crippen molar-refractivity contribution in [3.05, 3.63) is 60.6 Å². The van der Waals surface area contributed by atoms with Crippen LogP contribution in [-0.4, -0.2) is 38.8 Å². The number of anilines is 1. The number of aryl methyl sites for hydroxylation is 1. The van der Waals surface area contributed by atoms with Gasteiger partial charge in [-0.15, -0.1) is 0 Å². The molecule has 2 N–H and O–H groups in total. The molecule has 0 aliphatic carbocycles. The molecule has 6 nitrogen and oxygen atoms in total. The fourth-order valence-electron chi connectivity index (χ4n) is 3.86. The Labute approximate surface area is 164 Å². The molecule has 0 bridgehead atoms. The number of pyridine rings is 1. The molecule has 1 unspecified atom stereocenters. The van der Waals surface area contributed by atoms with Crippen LogP contribution in [0.25, 0.3) is 22.0 Å². The maximum atomic E-state index is 12.1. The van der Waals surface area contributed by atoms with Gasteiger partial charge >= 0.3 is 0 Å². The van der Waals surface area contributed by atoms with Crippen LogP contribution in [0.5, 0.6) is 0 Å². The molecule has 1 saturated heterocycles. The third-order valence-electron chi connectivity index (χ3n) is 5.32. The largest absolute Gasteiger partial charge is 0.368 e. The predicted octanol–water partition coefficient (Wildman–Crippen LogP) is 3.47. The van der Waals surface area contributed by atoms with Crippen molar-refractivity contribution in [2.24, 2.45) is 0 Å². The van der Waals surface area contributed by atoms with E-state index in [4.69, 9.17) is 5.73 Å². The molecule has 6 heteroatoms. The highest BCUT2D eigenvalue weighted by Gasteiger charge is 2.26. The number of hydrogen-bond donors (Lipinski definition) is 1. The zero-order valence-electron chi connectivity index (χ0n) is 15.9. The van der Waals surface area contributed by atoms with E-state index in [9.17, 15) is 4.79 Å². The van der Waals surface area contributed by atoms with Crippen LogP contribution >= 0.6 is 0 Å². The maximum absolute atomic E-state index is 12.1. The molecule has 28 heavy (non-hydrogen) atoms. The number of nitrogen functional groups attached to an aromatic ring is 1. The first-order valence-corrected chi connectivity index (χ1v) is 9.45. The Hall–Kier alpha value is -3.28. The molecular formula is C22H23N5O. The number of carbonyl (C=O) groups excluding carboxylic acids is 1. The van der Waals surface area contributed by atoms with Crippen LogP contribution < -0.4 is 5.73 Å². The number of carbonyl (C=O) groups is 1.